The summed E-state index contributed by atoms with van der Waals surface area (Å²) in [6, 6.07) is 12.6. The number of aliphatic carboxylic acids is 1. The topological polar surface area (TPSA) is 101 Å². The normalized spacial score (nSPS) is 23.6. The van der Waals surface area contributed by atoms with E-state index in [0.717, 1.165) is 10.8 Å². The van der Waals surface area contributed by atoms with Crippen molar-refractivity contribution in [1.29, 1.82) is 0 Å². The summed E-state index contributed by atoms with van der Waals surface area (Å²) < 4.78 is 0. The highest BCUT2D eigenvalue weighted by Crippen LogP contribution is 2.31. The van der Waals surface area contributed by atoms with Crippen LogP contribution in [0.15, 0.2) is 66.3 Å². The van der Waals surface area contributed by atoms with E-state index < -0.39 is 23.4 Å². The molecule has 5 nitrogen and oxygen atoms in total. The van der Waals surface area contributed by atoms with Crippen molar-refractivity contribution in [1.82, 2.24) is 0 Å². The molecule has 0 radical (unpaired) electrons. The molecule has 0 amide bonds. The zero-order valence-electron chi connectivity index (χ0n) is 12.1. The SMILES string of the molecule is NC1(O)C(C(=O)c2cccc3ccccc23)=CC=CC1C(=O)O. The van der Waals surface area contributed by atoms with Gasteiger partial charge in [0.25, 0.3) is 0 Å². The van der Waals surface area contributed by atoms with Crippen LogP contribution in [0.3, 0.4) is 0 Å². The summed E-state index contributed by atoms with van der Waals surface area (Å²) in [6.07, 6.45) is 4.06. The second-order valence-corrected chi connectivity index (χ2v) is 5.46. The molecule has 3 rings (SSSR count). The summed E-state index contributed by atoms with van der Waals surface area (Å²) >= 11 is 0. The largest absolute Gasteiger partial charge is 0.481 e. The van der Waals surface area contributed by atoms with Gasteiger partial charge in [-0.05, 0) is 10.8 Å². The van der Waals surface area contributed by atoms with Gasteiger partial charge >= 0.3 is 5.97 Å². The van der Waals surface area contributed by atoms with Gasteiger partial charge in [-0.2, -0.15) is 0 Å². The van der Waals surface area contributed by atoms with Crippen molar-refractivity contribution < 1.29 is 19.8 Å². The highest BCUT2D eigenvalue weighted by Gasteiger charge is 2.44. The smallest absolute Gasteiger partial charge is 0.315 e. The Bertz CT molecular complexity index is 859. The predicted octanol–water partition coefficient (Wildman–Crippen LogP) is 1.87. The van der Waals surface area contributed by atoms with Crippen molar-refractivity contribution in [2.45, 2.75) is 5.72 Å². The van der Waals surface area contributed by atoms with Crippen molar-refractivity contribution >= 4 is 22.5 Å². The molecule has 116 valence electrons. The minimum Gasteiger partial charge on any atom is -0.481 e. The first-order valence-corrected chi connectivity index (χ1v) is 7.08. The number of hydrogen-bond acceptors (Lipinski definition) is 4. The number of carbonyl (C=O) groups excluding carboxylic acids is 1. The Labute approximate surface area is 132 Å². The van der Waals surface area contributed by atoms with Gasteiger partial charge in [-0.25, -0.2) is 0 Å². The van der Waals surface area contributed by atoms with E-state index in [9.17, 15) is 19.8 Å². The van der Waals surface area contributed by atoms with Crippen molar-refractivity contribution in [2.75, 3.05) is 0 Å². The predicted molar refractivity (Wildman–Crippen MR) is 85.8 cm³/mol. The van der Waals surface area contributed by atoms with Crippen LogP contribution in [-0.2, 0) is 4.79 Å². The Hall–Kier alpha value is -2.76. The fourth-order valence-electron chi connectivity index (χ4n) is 2.81. The first kappa shape index (κ1) is 15.1. The number of allylic oxidation sites excluding steroid dienone is 2. The van der Waals surface area contributed by atoms with Crippen LogP contribution in [0.2, 0.25) is 0 Å². The van der Waals surface area contributed by atoms with E-state index >= 15 is 0 Å². The van der Waals surface area contributed by atoms with Gasteiger partial charge in [0, 0.05) is 11.1 Å². The number of carbonyl (C=O) groups is 2. The zero-order chi connectivity index (χ0) is 16.6. The molecule has 0 aliphatic heterocycles. The quantitative estimate of drug-likeness (QED) is 0.593. The maximum Gasteiger partial charge on any atom is 0.315 e. The van der Waals surface area contributed by atoms with Gasteiger partial charge in [0.15, 0.2) is 11.5 Å². The molecule has 0 fully saturated rings. The van der Waals surface area contributed by atoms with Gasteiger partial charge in [-0.1, -0.05) is 60.7 Å². The highest BCUT2D eigenvalue weighted by atomic mass is 16.4. The van der Waals surface area contributed by atoms with Crippen molar-refractivity contribution in [3.8, 4) is 0 Å². The van der Waals surface area contributed by atoms with Gasteiger partial charge in [-0.3, -0.25) is 15.3 Å². The molecule has 0 spiro atoms. The number of hydrogen-bond donors (Lipinski definition) is 3. The first-order chi connectivity index (χ1) is 10.9. The fourth-order valence-corrected chi connectivity index (χ4v) is 2.81. The molecule has 1 aliphatic carbocycles. The third kappa shape index (κ3) is 2.46. The molecule has 2 aromatic rings. The molecule has 0 saturated heterocycles. The Morgan fingerprint density at radius 3 is 2.52 bits per heavy atom. The molecule has 1 aliphatic rings. The van der Waals surface area contributed by atoms with Crippen LogP contribution in [0.4, 0.5) is 0 Å². The van der Waals surface area contributed by atoms with E-state index in [2.05, 4.69) is 0 Å². The molecule has 5 heteroatoms. The molecule has 0 heterocycles. The number of aliphatic hydroxyl groups is 1. The van der Waals surface area contributed by atoms with E-state index in [1.54, 1.807) is 18.2 Å². The molecular formula is C18H15NO4. The van der Waals surface area contributed by atoms with Gasteiger partial charge in [0.05, 0.1) is 0 Å². The summed E-state index contributed by atoms with van der Waals surface area (Å²) in [5.74, 6) is -3.15. The molecule has 0 bridgehead atoms. The van der Waals surface area contributed by atoms with Crippen LogP contribution in [0.1, 0.15) is 10.4 Å². The number of carboxylic acid groups (broad SMARTS) is 1. The summed E-state index contributed by atoms with van der Waals surface area (Å²) in [6.45, 7) is 0. The lowest BCUT2D eigenvalue weighted by Gasteiger charge is -2.32. The van der Waals surface area contributed by atoms with Crippen LogP contribution in [-0.4, -0.2) is 27.7 Å². The van der Waals surface area contributed by atoms with Gasteiger partial charge in [-0.15, -0.1) is 0 Å². The number of Topliss-reactive ketones (excluding diaryl/α,β-unsaturated/α-hetero) is 1. The van der Waals surface area contributed by atoms with Gasteiger partial charge in [0.2, 0.25) is 0 Å². The number of ketones is 1. The molecule has 2 aromatic carbocycles. The van der Waals surface area contributed by atoms with E-state index in [-0.39, 0.29) is 5.57 Å². The summed E-state index contributed by atoms with van der Waals surface area (Å²) in [5.41, 5.74) is 3.77. The number of nitrogens with two attached hydrogens (primary N) is 1. The second kappa shape index (κ2) is 5.46. The van der Waals surface area contributed by atoms with E-state index in [0.29, 0.717) is 5.56 Å². The van der Waals surface area contributed by atoms with Crippen LogP contribution < -0.4 is 5.73 Å². The second-order valence-electron chi connectivity index (χ2n) is 5.46. The molecule has 0 aromatic heterocycles. The number of carboxylic acids is 1. The standard InChI is InChI=1S/C18H15NO4/c19-18(23)14(9-4-10-15(18)17(21)22)16(20)13-8-3-6-11-5-1-2-7-12(11)13/h1-10,15,23H,19H2,(H,21,22). The summed E-state index contributed by atoms with van der Waals surface area (Å²) in [5, 5.41) is 21.2. The first-order valence-electron chi connectivity index (χ1n) is 7.08. The molecule has 2 atom stereocenters. The van der Waals surface area contributed by atoms with E-state index in [4.69, 9.17) is 5.73 Å². The molecular weight excluding hydrogens is 294 g/mol. The van der Waals surface area contributed by atoms with Gasteiger partial charge in [0.1, 0.15) is 5.92 Å². The minimum atomic E-state index is -2.26. The fraction of sp³-hybridized carbons (Fsp3) is 0.111. The Morgan fingerprint density at radius 2 is 1.78 bits per heavy atom. The van der Waals surface area contributed by atoms with E-state index in [1.165, 1.54) is 18.2 Å². The average Bonchev–Trinajstić information content (AvgIpc) is 2.52. The Balaban J connectivity index is 2.11. The van der Waals surface area contributed by atoms with Crippen molar-refractivity contribution in [2.24, 2.45) is 11.7 Å². The number of benzene rings is 2. The maximum absolute atomic E-state index is 12.9. The molecule has 2 unspecified atom stereocenters. The Kier molecular flexibility index (Phi) is 3.60. The lowest BCUT2D eigenvalue weighted by Crippen LogP contribution is -2.54. The Morgan fingerprint density at radius 1 is 1.09 bits per heavy atom. The minimum absolute atomic E-state index is 0.135. The number of fused-ring (bicyclic) bond motifs is 1. The third-order valence-electron chi connectivity index (χ3n) is 4.02. The molecule has 0 saturated carbocycles. The van der Waals surface area contributed by atoms with Crippen LogP contribution in [0.25, 0.3) is 10.8 Å². The van der Waals surface area contributed by atoms with Gasteiger partial charge < -0.3 is 10.2 Å². The zero-order valence-corrected chi connectivity index (χ0v) is 12.1. The lowest BCUT2D eigenvalue weighted by atomic mass is 9.81. The van der Waals surface area contributed by atoms with Crippen molar-refractivity contribution in [3.63, 3.8) is 0 Å². The van der Waals surface area contributed by atoms with E-state index in [1.807, 2.05) is 24.3 Å². The molecule has 4 N–H and O–H groups in total. The average molecular weight is 309 g/mol. The third-order valence-corrected chi connectivity index (χ3v) is 4.02. The lowest BCUT2D eigenvalue weighted by molar-refractivity contribution is -0.146. The highest BCUT2D eigenvalue weighted by molar-refractivity contribution is 6.17. The maximum atomic E-state index is 12.9. The van der Waals surface area contributed by atoms with Crippen LogP contribution in [0.5, 0.6) is 0 Å². The summed E-state index contributed by atoms with van der Waals surface area (Å²) in [7, 11) is 0. The number of rotatable bonds is 3. The van der Waals surface area contributed by atoms with Crippen molar-refractivity contribution in [3.05, 3.63) is 71.8 Å². The summed E-state index contributed by atoms with van der Waals surface area (Å²) in [4.78, 5) is 24.1. The van der Waals surface area contributed by atoms with Crippen LogP contribution in [0, 0.1) is 5.92 Å². The van der Waals surface area contributed by atoms with Crippen LogP contribution >= 0.6 is 0 Å². The molecule has 23 heavy (non-hydrogen) atoms. The monoisotopic (exact) mass is 309 g/mol.